The highest BCUT2D eigenvalue weighted by molar-refractivity contribution is 7.90. The van der Waals surface area contributed by atoms with E-state index in [1.54, 1.807) is 0 Å². The highest BCUT2D eigenvalue weighted by atomic mass is 35.5. The SMILES string of the molecule is CS(=O)(=O)c1nc(-c2ccc(F)c(Cl)c2)c2c(N)n(Cc3ccccc3)nc2n1. The van der Waals surface area contributed by atoms with Crippen LogP contribution in [0.1, 0.15) is 5.56 Å². The molecular weight excluding hydrogens is 417 g/mol. The molecule has 2 heterocycles. The lowest BCUT2D eigenvalue weighted by Crippen LogP contribution is -2.06. The van der Waals surface area contributed by atoms with Crippen molar-refractivity contribution >= 4 is 38.3 Å². The molecule has 0 radical (unpaired) electrons. The van der Waals surface area contributed by atoms with Gasteiger partial charge in [-0.25, -0.2) is 22.5 Å². The minimum atomic E-state index is -3.72. The number of anilines is 1. The summed E-state index contributed by atoms with van der Waals surface area (Å²) in [6, 6.07) is 13.5. The molecule has 4 aromatic rings. The van der Waals surface area contributed by atoms with Gasteiger partial charge in [0.15, 0.2) is 5.65 Å². The predicted octanol–water partition coefficient (Wildman–Crippen LogP) is 3.32. The zero-order valence-corrected chi connectivity index (χ0v) is 16.7. The number of hydrogen-bond acceptors (Lipinski definition) is 6. The molecule has 0 aliphatic carbocycles. The van der Waals surface area contributed by atoms with Crippen LogP contribution in [0.2, 0.25) is 5.02 Å². The number of rotatable bonds is 4. The molecule has 0 fully saturated rings. The molecule has 0 atom stereocenters. The van der Waals surface area contributed by atoms with Gasteiger partial charge >= 0.3 is 0 Å². The van der Waals surface area contributed by atoms with Crippen molar-refractivity contribution in [2.75, 3.05) is 12.0 Å². The second-order valence-electron chi connectivity index (χ2n) is 6.48. The third-order valence-corrected chi connectivity index (χ3v) is 5.45. The Bertz CT molecular complexity index is 1340. The van der Waals surface area contributed by atoms with Crippen LogP contribution in [0.15, 0.2) is 53.7 Å². The fourth-order valence-electron chi connectivity index (χ4n) is 2.93. The molecule has 0 saturated heterocycles. The summed E-state index contributed by atoms with van der Waals surface area (Å²) in [7, 11) is -3.72. The van der Waals surface area contributed by atoms with Gasteiger partial charge in [-0.1, -0.05) is 41.9 Å². The maximum atomic E-state index is 13.6. The van der Waals surface area contributed by atoms with Crippen LogP contribution >= 0.6 is 11.6 Å². The van der Waals surface area contributed by atoms with Crippen molar-refractivity contribution in [2.45, 2.75) is 11.7 Å². The van der Waals surface area contributed by atoms with Crippen LogP contribution < -0.4 is 5.73 Å². The maximum Gasteiger partial charge on any atom is 0.249 e. The second kappa shape index (κ2) is 7.09. The van der Waals surface area contributed by atoms with Crippen molar-refractivity contribution < 1.29 is 12.8 Å². The highest BCUT2D eigenvalue weighted by Crippen LogP contribution is 2.33. The zero-order valence-electron chi connectivity index (χ0n) is 15.2. The number of nitrogens with zero attached hydrogens (tertiary/aromatic N) is 4. The van der Waals surface area contributed by atoms with E-state index in [1.165, 1.54) is 22.9 Å². The largest absolute Gasteiger partial charge is 0.383 e. The normalized spacial score (nSPS) is 11.8. The van der Waals surface area contributed by atoms with Gasteiger partial charge in [0, 0.05) is 11.8 Å². The van der Waals surface area contributed by atoms with Crippen LogP contribution in [0, 0.1) is 5.82 Å². The Morgan fingerprint density at radius 2 is 1.86 bits per heavy atom. The Morgan fingerprint density at radius 3 is 2.52 bits per heavy atom. The summed E-state index contributed by atoms with van der Waals surface area (Å²) in [4.78, 5) is 8.26. The van der Waals surface area contributed by atoms with Gasteiger partial charge in [0.05, 0.1) is 22.6 Å². The van der Waals surface area contributed by atoms with Crippen molar-refractivity contribution in [1.82, 2.24) is 19.7 Å². The summed E-state index contributed by atoms with van der Waals surface area (Å²) in [6.45, 7) is 0.362. The van der Waals surface area contributed by atoms with Crippen LogP contribution in [-0.4, -0.2) is 34.4 Å². The first-order chi connectivity index (χ1) is 13.7. The van der Waals surface area contributed by atoms with Crippen molar-refractivity contribution in [3.8, 4) is 11.3 Å². The van der Waals surface area contributed by atoms with Gasteiger partial charge in [0.25, 0.3) is 0 Å². The summed E-state index contributed by atoms with van der Waals surface area (Å²) in [5.41, 5.74) is 8.02. The first-order valence-electron chi connectivity index (χ1n) is 8.47. The van der Waals surface area contributed by atoms with Gasteiger partial charge in [-0.2, -0.15) is 4.98 Å². The first kappa shape index (κ1) is 19.3. The quantitative estimate of drug-likeness (QED) is 0.497. The van der Waals surface area contributed by atoms with E-state index in [2.05, 4.69) is 15.1 Å². The first-order valence-corrected chi connectivity index (χ1v) is 10.7. The average molecular weight is 432 g/mol. The molecule has 7 nitrogen and oxygen atoms in total. The molecule has 4 rings (SSSR count). The molecule has 148 valence electrons. The number of aromatic nitrogens is 4. The van der Waals surface area contributed by atoms with Gasteiger partial charge in [-0.3, -0.25) is 0 Å². The lowest BCUT2D eigenvalue weighted by molar-refractivity contribution is 0.593. The third-order valence-electron chi connectivity index (χ3n) is 4.32. The summed E-state index contributed by atoms with van der Waals surface area (Å²) in [5.74, 6) is -0.337. The molecular formula is C19H15ClFN5O2S. The molecule has 0 aliphatic heterocycles. The molecule has 0 bridgehead atoms. The molecule has 0 aliphatic rings. The smallest absolute Gasteiger partial charge is 0.249 e. The van der Waals surface area contributed by atoms with Crippen LogP contribution in [0.3, 0.4) is 0 Å². The van der Waals surface area contributed by atoms with E-state index in [4.69, 9.17) is 17.3 Å². The molecule has 2 aromatic heterocycles. The van der Waals surface area contributed by atoms with E-state index in [-0.39, 0.29) is 22.2 Å². The van der Waals surface area contributed by atoms with Gasteiger partial charge in [0.1, 0.15) is 11.6 Å². The minimum Gasteiger partial charge on any atom is -0.383 e. The lowest BCUT2D eigenvalue weighted by atomic mass is 10.1. The Balaban J connectivity index is 1.98. The number of halogens is 2. The standard InChI is InChI=1S/C19H15ClFN5O2S/c1-29(27,28)19-23-16(12-7-8-14(21)13(20)9-12)15-17(22)26(25-18(15)24-19)10-11-5-3-2-4-6-11/h2-9H,10,22H2,1H3. The monoisotopic (exact) mass is 431 g/mol. The minimum absolute atomic E-state index is 0.120. The fourth-order valence-corrected chi connectivity index (χ4v) is 3.62. The van der Waals surface area contributed by atoms with Gasteiger partial charge < -0.3 is 5.73 Å². The number of hydrogen-bond donors (Lipinski definition) is 1. The molecule has 0 saturated carbocycles. The molecule has 0 spiro atoms. The van der Waals surface area contributed by atoms with Gasteiger partial charge in [-0.05, 0) is 23.8 Å². The van der Waals surface area contributed by atoms with E-state index in [9.17, 15) is 12.8 Å². The van der Waals surface area contributed by atoms with Crippen molar-refractivity contribution in [2.24, 2.45) is 0 Å². The van der Waals surface area contributed by atoms with Crippen molar-refractivity contribution in [3.63, 3.8) is 0 Å². The Hall–Kier alpha value is -3.04. The second-order valence-corrected chi connectivity index (χ2v) is 8.80. The molecule has 29 heavy (non-hydrogen) atoms. The third kappa shape index (κ3) is 3.66. The number of fused-ring (bicyclic) bond motifs is 1. The molecule has 10 heteroatoms. The van der Waals surface area contributed by atoms with E-state index in [0.29, 0.717) is 17.5 Å². The highest BCUT2D eigenvalue weighted by Gasteiger charge is 2.22. The predicted molar refractivity (Wildman–Crippen MR) is 109 cm³/mol. The van der Waals surface area contributed by atoms with Gasteiger partial charge in [0.2, 0.25) is 15.0 Å². The van der Waals surface area contributed by atoms with E-state index in [0.717, 1.165) is 11.8 Å². The Morgan fingerprint density at radius 1 is 1.14 bits per heavy atom. The summed E-state index contributed by atoms with van der Waals surface area (Å²) in [6.07, 6.45) is 1.000. The summed E-state index contributed by atoms with van der Waals surface area (Å²) < 4.78 is 39.3. The lowest BCUT2D eigenvalue weighted by Gasteiger charge is -2.07. The number of benzene rings is 2. The number of nitrogen functional groups attached to an aromatic ring is 1. The Kier molecular flexibility index (Phi) is 4.71. The molecule has 2 aromatic carbocycles. The summed E-state index contributed by atoms with van der Waals surface area (Å²) in [5, 5.41) is 4.23. The van der Waals surface area contributed by atoms with Crippen molar-refractivity contribution in [1.29, 1.82) is 0 Å². The van der Waals surface area contributed by atoms with Crippen LogP contribution in [0.5, 0.6) is 0 Å². The summed E-state index contributed by atoms with van der Waals surface area (Å²) >= 11 is 5.91. The topological polar surface area (TPSA) is 104 Å². The average Bonchev–Trinajstić information content (AvgIpc) is 2.99. The molecule has 2 N–H and O–H groups in total. The van der Waals surface area contributed by atoms with Crippen LogP contribution in [0.4, 0.5) is 10.2 Å². The number of nitrogens with two attached hydrogens (primary N) is 1. The fraction of sp³-hybridized carbons (Fsp3) is 0.105. The Labute approximate surface area is 170 Å². The van der Waals surface area contributed by atoms with Crippen LogP contribution in [0.25, 0.3) is 22.3 Å². The van der Waals surface area contributed by atoms with Crippen LogP contribution in [-0.2, 0) is 16.4 Å². The van der Waals surface area contributed by atoms with Gasteiger partial charge in [-0.15, -0.1) is 5.10 Å². The van der Waals surface area contributed by atoms with E-state index >= 15 is 0 Å². The maximum absolute atomic E-state index is 13.6. The molecule has 0 unspecified atom stereocenters. The van der Waals surface area contributed by atoms with Crippen molar-refractivity contribution in [3.05, 3.63) is 64.9 Å². The van der Waals surface area contributed by atoms with E-state index < -0.39 is 20.8 Å². The number of sulfone groups is 1. The van der Waals surface area contributed by atoms with E-state index in [1.807, 2.05) is 30.3 Å². The molecule has 0 amide bonds. The zero-order chi connectivity index (χ0) is 20.8.